The van der Waals surface area contributed by atoms with Crippen molar-refractivity contribution in [1.29, 1.82) is 0 Å². The zero-order chi connectivity index (χ0) is 26.6. The van der Waals surface area contributed by atoms with Gasteiger partial charge in [-0.3, -0.25) is 14.4 Å². The summed E-state index contributed by atoms with van der Waals surface area (Å²) in [5.74, 6) is -0.197. The van der Waals surface area contributed by atoms with Crippen molar-refractivity contribution in [2.24, 2.45) is 0 Å². The number of carbonyl (C=O) groups excluding carboxylic acids is 3. The minimum absolute atomic E-state index is 0.0174. The van der Waals surface area contributed by atoms with E-state index in [0.717, 1.165) is 52.2 Å². The molecule has 3 amide bonds. The van der Waals surface area contributed by atoms with Crippen LogP contribution in [-0.2, 0) is 16.1 Å². The summed E-state index contributed by atoms with van der Waals surface area (Å²) in [5.41, 5.74) is 2.59. The van der Waals surface area contributed by atoms with E-state index in [2.05, 4.69) is 21.2 Å². The monoisotopic (exact) mass is 575 g/mol. The van der Waals surface area contributed by atoms with Crippen LogP contribution in [-0.4, -0.2) is 41.2 Å². The molecule has 1 aliphatic carbocycles. The van der Waals surface area contributed by atoms with E-state index < -0.39 is 6.04 Å². The van der Waals surface area contributed by atoms with Gasteiger partial charge in [-0.05, 0) is 61.4 Å². The van der Waals surface area contributed by atoms with Crippen LogP contribution in [0, 0.1) is 0 Å². The highest BCUT2D eigenvalue weighted by Gasteiger charge is 2.31. The summed E-state index contributed by atoms with van der Waals surface area (Å²) in [5, 5.41) is 5.21. The highest BCUT2D eigenvalue weighted by molar-refractivity contribution is 9.10. The summed E-state index contributed by atoms with van der Waals surface area (Å²) < 4.78 is 0.966. The van der Waals surface area contributed by atoms with Gasteiger partial charge in [-0.2, -0.15) is 0 Å². The van der Waals surface area contributed by atoms with Crippen molar-refractivity contribution in [2.75, 3.05) is 11.4 Å². The molecule has 1 atom stereocenters. The molecule has 3 aromatic carbocycles. The summed E-state index contributed by atoms with van der Waals surface area (Å²) >= 11 is 3.46. The van der Waals surface area contributed by atoms with Gasteiger partial charge >= 0.3 is 0 Å². The Balaban J connectivity index is 1.26. The van der Waals surface area contributed by atoms with Crippen molar-refractivity contribution >= 4 is 50.1 Å². The predicted octanol–water partition coefficient (Wildman–Crippen LogP) is 6.21. The molecule has 7 heteroatoms. The normalized spacial score (nSPS) is 16.1. The van der Waals surface area contributed by atoms with E-state index in [1.165, 1.54) is 6.42 Å². The molecule has 5 rings (SSSR count). The van der Waals surface area contributed by atoms with Crippen LogP contribution in [0.4, 0.5) is 5.69 Å². The predicted molar refractivity (Wildman–Crippen MR) is 154 cm³/mol. The molecule has 198 valence electrons. The average molecular weight is 577 g/mol. The number of halogens is 1. The van der Waals surface area contributed by atoms with Gasteiger partial charge in [-0.25, -0.2) is 0 Å². The molecule has 6 nitrogen and oxygen atoms in total. The van der Waals surface area contributed by atoms with Crippen molar-refractivity contribution in [3.63, 3.8) is 0 Å². The molecule has 1 heterocycles. The van der Waals surface area contributed by atoms with Crippen LogP contribution < -0.4 is 10.2 Å². The minimum atomic E-state index is -0.584. The summed E-state index contributed by atoms with van der Waals surface area (Å²) in [6.07, 6.45) is 6.25. The van der Waals surface area contributed by atoms with Gasteiger partial charge in [0.05, 0.1) is 5.69 Å². The van der Waals surface area contributed by atoms with Crippen molar-refractivity contribution in [1.82, 2.24) is 10.2 Å². The first kappa shape index (κ1) is 26.4. The van der Waals surface area contributed by atoms with E-state index in [1.807, 2.05) is 67.6 Å². The van der Waals surface area contributed by atoms with Crippen molar-refractivity contribution in [3.05, 3.63) is 76.3 Å². The fraction of sp³-hybridized carbons (Fsp3) is 0.387. The second-order valence-electron chi connectivity index (χ2n) is 10.4. The van der Waals surface area contributed by atoms with Crippen molar-refractivity contribution < 1.29 is 14.4 Å². The average Bonchev–Trinajstić information content (AvgIpc) is 3.21. The van der Waals surface area contributed by atoms with Gasteiger partial charge in [0, 0.05) is 41.0 Å². The molecule has 0 saturated heterocycles. The number of hydrogen-bond acceptors (Lipinski definition) is 3. The van der Waals surface area contributed by atoms with Crippen molar-refractivity contribution in [2.45, 2.75) is 70.5 Å². The van der Waals surface area contributed by atoms with Gasteiger partial charge in [0.2, 0.25) is 11.8 Å². The lowest BCUT2D eigenvalue weighted by Crippen LogP contribution is -2.50. The lowest BCUT2D eigenvalue weighted by atomic mass is 9.95. The van der Waals surface area contributed by atoms with E-state index in [9.17, 15) is 14.4 Å². The Morgan fingerprint density at radius 3 is 2.47 bits per heavy atom. The number of nitrogens with one attached hydrogen (secondary N) is 1. The Hall–Kier alpha value is -3.19. The maximum atomic E-state index is 13.5. The Bertz CT molecular complexity index is 1330. The Labute approximate surface area is 232 Å². The lowest BCUT2D eigenvalue weighted by Gasteiger charge is -2.31. The second-order valence-corrected chi connectivity index (χ2v) is 11.3. The number of anilines is 1. The van der Waals surface area contributed by atoms with E-state index in [1.54, 1.807) is 9.80 Å². The molecule has 3 aromatic rings. The van der Waals surface area contributed by atoms with Gasteiger partial charge in [0.15, 0.2) is 0 Å². The Kier molecular flexibility index (Phi) is 8.12. The summed E-state index contributed by atoms with van der Waals surface area (Å²) in [4.78, 5) is 43.3. The SMILES string of the molecule is C[C@H](C(=O)NC1CCCCC1)N(Cc1ccc(Br)cc1)C(=O)CCCN1C(=O)c2cccc3cccc1c23. The van der Waals surface area contributed by atoms with Crippen LogP contribution in [0.15, 0.2) is 65.1 Å². The second kappa shape index (κ2) is 11.7. The van der Waals surface area contributed by atoms with Crippen LogP contribution >= 0.6 is 15.9 Å². The Morgan fingerprint density at radius 2 is 1.74 bits per heavy atom. The summed E-state index contributed by atoms with van der Waals surface area (Å²) in [7, 11) is 0. The molecule has 1 saturated carbocycles. The van der Waals surface area contributed by atoms with Gasteiger partial charge in [0.1, 0.15) is 6.04 Å². The Morgan fingerprint density at radius 1 is 1.03 bits per heavy atom. The third-order valence-corrected chi connectivity index (χ3v) is 8.34. The van der Waals surface area contributed by atoms with Gasteiger partial charge in [-0.1, -0.05) is 71.6 Å². The first-order valence-corrected chi connectivity index (χ1v) is 14.4. The van der Waals surface area contributed by atoms with Crippen LogP contribution in [0.3, 0.4) is 0 Å². The number of carbonyl (C=O) groups is 3. The topological polar surface area (TPSA) is 69.7 Å². The quantitative estimate of drug-likeness (QED) is 0.330. The third-order valence-electron chi connectivity index (χ3n) is 7.81. The molecule has 2 aliphatic rings. The number of benzene rings is 3. The van der Waals surface area contributed by atoms with E-state index in [-0.39, 0.29) is 30.2 Å². The molecule has 1 fully saturated rings. The standard InChI is InChI=1S/C31H34BrN3O3/c1-21(30(37)33-25-10-3-2-4-11-25)35(20-22-15-17-24(32)18-16-22)28(36)14-7-19-34-27-13-6-9-23-8-5-12-26(29(23)27)31(34)38/h5-6,8-9,12-13,15-18,21,25H,2-4,7,10-11,14,19-20H2,1H3,(H,33,37)/t21-/m1/s1. The molecule has 38 heavy (non-hydrogen) atoms. The summed E-state index contributed by atoms with van der Waals surface area (Å²) in [6, 6.07) is 19.2. The van der Waals surface area contributed by atoms with Crippen LogP contribution in [0.5, 0.6) is 0 Å². The first-order chi connectivity index (χ1) is 18.4. The molecule has 0 bridgehead atoms. The highest BCUT2D eigenvalue weighted by atomic mass is 79.9. The van der Waals surface area contributed by atoms with Crippen LogP contribution in [0.25, 0.3) is 10.8 Å². The van der Waals surface area contributed by atoms with Crippen LogP contribution in [0.1, 0.15) is 67.8 Å². The minimum Gasteiger partial charge on any atom is -0.352 e. The number of amides is 3. The van der Waals surface area contributed by atoms with Crippen molar-refractivity contribution in [3.8, 4) is 0 Å². The fourth-order valence-electron chi connectivity index (χ4n) is 5.67. The molecule has 0 unspecified atom stereocenters. The molecule has 1 aliphatic heterocycles. The van der Waals surface area contributed by atoms with Crippen LogP contribution in [0.2, 0.25) is 0 Å². The molecular formula is C31H34BrN3O3. The van der Waals surface area contributed by atoms with E-state index in [4.69, 9.17) is 0 Å². The zero-order valence-electron chi connectivity index (χ0n) is 21.8. The molecule has 0 radical (unpaired) electrons. The molecule has 0 aromatic heterocycles. The molecular weight excluding hydrogens is 542 g/mol. The van der Waals surface area contributed by atoms with Gasteiger partial charge < -0.3 is 15.1 Å². The largest absolute Gasteiger partial charge is 0.352 e. The van der Waals surface area contributed by atoms with Gasteiger partial charge in [0.25, 0.3) is 5.91 Å². The van der Waals surface area contributed by atoms with E-state index >= 15 is 0 Å². The fourth-order valence-corrected chi connectivity index (χ4v) is 5.94. The molecule has 1 N–H and O–H groups in total. The number of hydrogen-bond donors (Lipinski definition) is 1. The maximum absolute atomic E-state index is 13.5. The molecule has 0 spiro atoms. The lowest BCUT2D eigenvalue weighted by molar-refractivity contribution is -0.141. The first-order valence-electron chi connectivity index (χ1n) is 13.6. The smallest absolute Gasteiger partial charge is 0.258 e. The summed E-state index contributed by atoms with van der Waals surface area (Å²) in [6.45, 7) is 2.63. The third kappa shape index (κ3) is 5.63. The highest BCUT2D eigenvalue weighted by Crippen LogP contribution is 2.37. The van der Waals surface area contributed by atoms with E-state index in [0.29, 0.717) is 25.1 Å². The number of nitrogens with zero attached hydrogens (tertiary/aromatic N) is 2. The maximum Gasteiger partial charge on any atom is 0.258 e. The zero-order valence-corrected chi connectivity index (χ0v) is 23.4. The van der Waals surface area contributed by atoms with Gasteiger partial charge in [-0.15, -0.1) is 0 Å². The number of rotatable bonds is 9.